The number of thioether (sulfide) groups is 12. The number of hydrogen-bond acceptors (Lipinski definition) is 18. The summed E-state index contributed by atoms with van der Waals surface area (Å²) < 4.78 is 299. The normalized spacial score (nSPS) is 34.7. The summed E-state index contributed by atoms with van der Waals surface area (Å²) >= 11 is -3.75. The Hall–Kier alpha value is 3.27. The zero-order valence-electron chi connectivity index (χ0n) is 66.3. The van der Waals surface area contributed by atoms with Crippen LogP contribution in [0.3, 0.4) is 0 Å². The van der Waals surface area contributed by atoms with Gasteiger partial charge in [-0.3, -0.25) is 0 Å². The third-order valence-corrected chi connectivity index (χ3v) is 22.8. The van der Waals surface area contributed by atoms with E-state index >= 15 is 0 Å². The maximum Gasteiger partial charge on any atom is 1.00 e. The third-order valence-electron chi connectivity index (χ3n) is 8.27. The van der Waals surface area contributed by atoms with Crippen LogP contribution in [0.2, 0.25) is 0 Å². The number of aromatic carboxylic acids is 2. The molecule has 1 aliphatic carbocycles. The first-order valence-electron chi connectivity index (χ1n) is 33.1. The first-order valence-corrected chi connectivity index (χ1v) is 24.9. The van der Waals surface area contributed by atoms with Crippen molar-refractivity contribution in [1.82, 2.24) is 0 Å². The Morgan fingerprint density at radius 3 is 0.967 bits per heavy atom. The van der Waals surface area contributed by atoms with E-state index in [2.05, 4.69) is 0 Å². The minimum Gasteiger partial charge on any atom is -0.545 e. The number of aliphatic carboxylic acids is 1. The molecule has 6 nitrogen and oxygen atoms in total. The summed E-state index contributed by atoms with van der Waals surface area (Å²) in [5.41, 5.74) is -8.99. The minimum absolute atomic E-state index is 0. The molecule has 9 rings (SSSR count). The quantitative estimate of drug-likeness (QED) is 0.407. The van der Waals surface area contributed by atoms with Crippen LogP contribution >= 0.6 is 141 Å². The summed E-state index contributed by atoms with van der Waals surface area (Å²) in [6, 6.07) is 0. The van der Waals surface area contributed by atoms with E-state index in [1.54, 1.807) is 0 Å². The molecule has 61 heavy (non-hydrogen) atoms. The smallest absolute Gasteiger partial charge is 0.545 e. The molecule has 0 saturated carbocycles. The summed E-state index contributed by atoms with van der Waals surface area (Å²) in [7, 11) is 0. The molecule has 0 atom stereocenters. The predicted octanol–water partition coefficient (Wildman–Crippen LogP) is 2.16. The molecule has 7 aliphatic rings. The molecule has 0 amide bonds. The average Bonchev–Trinajstić information content (AvgIpc) is 1.52. The number of carboxylic acids is 3. The summed E-state index contributed by atoms with van der Waals surface area (Å²) in [6.07, 6.45) is 0. The molecule has 1 saturated heterocycles. The van der Waals surface area contributed by atoms with Crippen molar-refractivity contribution in [3.8, 4) is 0 Å². The summed E-state index contributed by atoms with van der Waals surface area (Å²) in [5.74, 6) is -7.34. The molecule has 1 fully saturated rings. The topological polar surface area (TPSA) is 120 Å². The molecule has 2 aromatic carbocycles. The number of carboxylic acid groups (broad SMARTS) is 3. The maximum atomic E-state index is 14.1. The van der Waals surface area contributed by atoms with Crippen LogP contribution in [0, 0.1) is 5.25 Å². The van der Waals surface area contributed by atoms with Gasteiger partial charge in [0.15, 0.2) is 0 Å². The molecule has 21 heteroatoms. The number of hydrogen-bond donors (Lipinski definition) is 0. The summed E-state index contributed by atoms with van der Waals surface area (Å²) in [6.45, 7) is -47.1. The molecular weight excluding hydrogens is 1030 g/mol. The Morgan fingerprint density at radius 1 is 0.377 bits per heavy atom. The number of carbonyl (C=O) groups excluding carboxylic acids is 3. The van der Waals surface area contributed by atoms with Gasteiger partial charge >= 0.3 is 88.7 Å². The molecule has 307 valence electrons. The van der Waals surface area contributed by atoms with E-state index in [1.807, 2.05) is 0 Å². The zero-order valence-corrected chi connectivity index (χ0v) is 46.1. The van der Waals surface area contributed by atoms with Crippen molar-refractivity contribution in [3.05, 3.63) is 53.4 Å². The van der Waals surface area contributed by atoms with E-state index in [4.69, 9.17) is 49.3 Å². The molecule has 0 spiro atoms. The molecule has 6 heterocycles. The van der Waals surface area contributed by atoms with Crippen LogP contribution < -0.4 is 104 Å². The van der Waals surface area contributed by atoms with E-state index in [0.717, 1.165) is 0 Å². The van der Waals surface area contributed by atoms with Crippen LogP contribution in [0.25, 0.3) is 5.57 Å². The average molecular weight is 1100 g/mol. The summed E-state index contributed by atoms with van der Waals surface area (Å²) in [4.78, 5) is 30.1. The maximum absolute atomic E-state index is 14.1. The fourth-order valence-electron chi connectivity index (χ4n) is 6.61. The van der Waals surface area contributed by atoms with Crippen LogP contribution in [-0.2, 0) is 4.79 Å². The number of benzene rings is 2. The molecule has 6 aliphatic heterocycles. The minimum atomic E-state index is -3.93. The summed E-state index contributed by atoms with van der Waals surface area (Å²) in [5, 5.41) is 41.2. The van der Waals surface area contributed by atoms with Gasteiger partial charge in [0.25, 0.3) is 0 Å². The molecule has 0 aromatic heterocycles. The van der Waals surface area contributed by atoms with E-state index in [0.29, 0.717) is 0 Å². The van der Waals surface area contributed by atoms with E-state index in [-0.39, 0.29) is 230 Å². The molecule has 0 bridgehead atoms. The van der Waals surface area contributed by atoms with Gasteiger partial charge in [-0.25, -0.2) is 0 Å². The number of allylic oxidation sites excluding steroid dienone is 1. The Balaban J connectivity index is 0.00000495. The van der Waals surface area contributed by atoms with Crippen molar-refractivity contribution in [2.45, 2.75) is 146 Å². The molecule has 0 unspecified atom stereocenters. The second-order valence-corrected chi connectivity index (χ2v) is 28.6. The fourth-order valence-corrected chi connectivity index (χ4v) is 21.8. The SMILES string of the molecule is [2H]C([2H])([2H])C1(C([2H])([2H])[2H])S[C]2C(=C(C(=O)[O-])C3=C(SC(C([2H])([2H])[2H])(C([2H])([2H])[2H])S3)C2=C(c2c3c(c(C(=O)[O-])c4c2SC(C([2H])([2H])[2H])(C([2H])([2H])[2H])S4)SC(C([2H])([2H])[2H])(C([2H])([2H])[2H])S3)c2c3c(c(C(=O)[O-])c4c2SC(C([2H])([2H])[2H])(C([2H])([2H])[2H])S4)SC(C([2H])([2H])[2H])(C([2H])([2H])[2H])S3)S1.[Na+].[Na+].[Na+]. The van der Waals surface area contributed by atoms with Crippen molar-refractivity contribution in [2.75, 3.05) is 0 Å². The number of fused-ring (bicyclic) bond motifs is 5. The van der Waals surface area contributed by atoms with Gasteiger partial charge in [-0.15, -0.1) is 141 Å². The van der Waals surface area contributed by atoms with Gasteiger partial charge in [-0.05, 0) is 93.4 Å². The van der Waals surface area contributed by atoms with Crippen LogP contribution in [0.1, 0.15) is 163 Å². The van der Waals surface area contributed by atoms with Gasteiger partial charge in [0.1, 0.15) is 0 Å². The van der Waals surface area contributed by atoms with Crippen LogP contribution in [0.4, 0.5) is 0 Å². The Kier molecular flexibility index (Phi) is 6.79. The van der Waals surface area contributed by atoms with Crippen LogP contribution in [-0.4, -0.2) is 42.4 Å². The van der Waals surface area contributed by atoms with Crippen LogP contribution in [0.15, 0.2) is 65.0 Å². The molecule has 2 aromatic rings. The Labute approximate surface area is 526 Å². The Bertz CT molecular complexity index is 3410. The molecular formula is C40H36Na3O6S12. The monoisotopic (exact) mass is 1100 g/mol. The first kappa shape index (κ1) is 23.2. The van der Waals surface area contributed by atoms with Crippen molar-refractivity contribution >= 4 is 165 Å². The number of carbonyl (C=O) groups is 3. The van der Waals surface area contributed by atoms with Crippen molar-refractivity contribution < 1.29 is 168 Å². The van der Waals surface area contributed by atoms with Gasteiger partial charge < -0.3 is 29.7 Å². The third kappa shape index (κ3) is 9.36. The second kappa shape index (κ2) is 17.8. The van der Waals surface area contributed by atoms with Crippen molar-refractivity contribution in [2.24, 2.45) is 0 Å². The van der Waals surface area contributed by atoms with E-state index < -0.39 is 223 Å². The van der Waals surface area contributed by atoms with Crippen molar-refractivity contribution in [3.63, 3.8) is 0 Å². The van der Waals surface area contributed by atoms with Gasteiger partial charge in [-0.2, -0.15) is 0 Å². The van der Waals surface area contributed by atoms with Gasteiger partial charge in [0.2, 0.25) is 0 Å². The second-order valence-electron chi connectivity index (χ2n) is 12.4. The van der Waals surface area contributed by atoms with Crippen molar-refractivity contribution in [1.29, 1.82) is 0 Å². The largest absolute Gasteiger partial charge is 1.00 e. The molecule has 1 radical (unpaired) electrons. The standard InChI is InChI=1S/C40H39O6S12.3Na/c1-35(2)47-20-14(21-27(54-36(3,4)48-21)17(32(41)42)26(20)53-35)13(15-22-28(55-37(5,6)49-22)18(33(43)44)29-23(15)50-38(7,8)56-29)16-24-30(57-39(9,10)51-24)19(34(45)46)31-25(16)52-40(11,12)58-31;;;/h1-12H3,(H,41,42)(H,43,44)(H,45,46);;;/q;3*+1/p-3/i1D3,2D3,3D3,4D3,5D3,6D3,7D3,8D3,9D3,10D3,11D3,12D3;;;. The van der Waals surface area contributed by atoms with E-state index in [9.17, 15) is 29.7 Å². The molecule has 0 N–H and O–H groups in total. The first-order chi connectivity index (χ1) is 41.6. The zero-order chi connectivity index (χ0) is 72.2. The van der Waals surface area contributed by atoms with Gasteiger partial charge in [0, 0.05) is 131 Å². The van der Waals surface area contributed by atoms with Gasteiger partial charge in [-0.1, -0.05) is 0 Å². The number of rotatable bonds is 5. The fraction of sp³-hybridized carbons (Fsp3) is 0.450. The van der Waals surface area contributed by atoms with Crippen LogP contribution in [0.5, 0.6) is 0 Å². The van der Waals surface area contributed by atoms with Gasteiger partial charge in [0.05, 0.1) is 47.6 Å². The predicted molar refractivity (Wildman–Crippen MR) is 252 cm³/mol. The Morgan fingerprint density at radius 2 is 0.656 bits per heavy atom. The van der Waals surface area contributed by atoms with E-state index in [1.165, 1.54) is 0 Å².